The second-order valence-corrected chi connectivity index (χ2v) is 3.92. The maximum Gasteiger partial charge on any atom is 0.295 e. The van der Waals surface area contributed by atoms with Gasteiger partial charge < -0.3 is 4.42 Å². The molecule has 0 atom stereocenters. The lowest BCUT2D eigenvalue weighted by atomic mass is 10.2. The maximum atomic E-state index is 11.9. The zero-order valence-electron chi connectivity index (χ0n) is 10.4. The predicted molar refractivity (Wildman–Crippen MR) is 71.9 cm³/mol. The van der Waals surface area contributed by atoms with E-state index in [9.17, 15) is 4.79 Å². The van der Waals surface area contributed by atoms with Gasteiger partial charge in [-0.1, -0.05) is 18.2 Å². The molecule has 0 radical (unpaired) electrons. The maximum absolute atomic E-state index is 11.9. The van der Waals surface area contributed by atoms with E-state index in [0.29, 0.717) is 5.89 Å². The van der Waals surface area contributed by atoms with E-state index < -0.39 is 5.91 Å². The first-order valence-corrected chi connectivity index (χ1v) is 5.92. The van der Waals surface area contributed by atoms with Crippen LogP contribution in [0.5, 0.6) is 0 Å². The van der Waals surface area contributed by atoms with Gasteiger partial charge in [0.25, 0.3) is 5.91 Å². The Labute approximate surface area is 114 Å². The van der Waals surface area contributed by atoms with Gasteiger partial charge in [0.05, 0.1) is 6.20 Å². The summed E-state index contributed by atoms with van der Waals surface area (Å²) < 4.78 is 5.42. The average Bonchev–Trinajstić information content (AvgIpc) is 2.99. The topological polar surface area (TPSA) is 80.9 Å². The first-order valence-electron chi connectivity index (χ1n) is 5.92. The zero-order valence-corrected chi connectivity index (χ0v) is 10.4. The van der Waals surface area contributed by atoms with Crippen molar-refractivity contribution in [2.45, 2.75) is 0 Å². The van der Waals surface area contributed by atoms with Crippen LogP contribution in [0, 0.1) is 0 Å². The van der Waals surface area contributed by atoms with Crippen LogP contribution in [-0.2, 0) is 0 Å². The number of oxazole rings is 1. The second kappa shape index (κ2) is 5.31. The van der Waals surface area contributed by atoms with Crippen molar-refractivity contribution in [2.75, 3.05) is 5.32 Å². The van der Waals surface area contributed by atoms with Gasteiger partial charge in [0.1, 0.15) is 0 Å². The standard InChI is InChI=1S/C14H10N4O2/c19-12(18-14-15-7-4-8-16-14)11-9-17-13(20-11)10-5-2-1-3-6-10/h1-9H,(H,15,16,18,19). The molecule has 0 bridgehead atoms. The minimum absolute atomic E-state index is 0.108. The van der Waals surface area contributed by atoms with E-state index in [-0.39, 0.29) is 11.7 Å². The number of carbonyl (C=O) groups is 1. The molecule has 6 heteroatoms. The molecule has 0 aliphatic rings. The SMILES string of the molecule is O=C(Nc1ncccn1)c1cnc(-c2ccccc2)o1. The van der Waals surface area contributed by atoms with Crippen LogP contribution < -0.4 is 5.32 Å². The van der Waals surface area contributed by atoms with E-state index in [1.54, 1.807) is 18.5 Å². The van der Waals surface area contributed by atoms with Gasteiger partial charge in [-0.2, -0.15) is 0 Å². The third-order valence-electron chi connectivity index (χ3n) is 2.54. The highest BCUT2D eigenvalue weighted by molar-refractivity contribution is 6.01. The Bertz CT molecular complexity index is 710. The Morgan fingerprint density at radius 1 is 1.00 bits per heavy atom. The van der Waals surface area contributed by atoms with E-state index in [2.05, 4.69) is 20.3 Å². The number of nitrogens with one attached hydrogen (secondary N) is 1. The van der Waals surface area contributed by atoms with Crippen molar-refractivity contribution in [3.63, 3.8) is 0 Å². The number of anilines is 1. The smallest absolute Gasteiger partial charge is 0.295 e. The van der Waals surface area contributed by atoms with Gasteiger partial charge in [-0.15, -0.1) is 0 Å². The van der Waals surface area contributed by atoms with Gasteiger partial charge in [0.2, 0.25) is 17.6 Å². The molecule has 2 aromatic heterocycles. The predicted octanol–water partition coefficient (Wildman–Crippen LogP) is 2.38. The fourth-order valence-electron chi connectivity index (χ4n) is 1.62. The van der Waals surface area contributed by atoms with Gasteiger partial charge >= 0.3 is 0 Å². The van der Waals surface area contributed by atoms with Crippen LogP contribution in [0.3, 0.4) is 0 Å². The van der Waals surface area contributed by atoms with Crippen molar-refractivity contribution in [1.82, 2.24) is 15.0 Å². The van der Waals surface area contributed by atoms with Crippen LogP contribution in [0.2, 0.25) is 0 Å². The van der Waals surface area contributed by atoms with Crippen molar-refractivity contribution in [3.8, 4) is 11.5 Å². The summed E-state index contributed by atoms with van der Waals surface area (Å²) in [4.78, 5) is 23.8. The summed E-state index contributed by atoms with van der Waals surface area (Å²) in [6, 6.07) is 11.0. The molecule has 1 aromatic carbocycles. The molecular weight excluding hydrogens is 256 g/mol. The Balaban J connectivity index is 1.79. The number of benzene rings is 1. The zero-order chi connectivity index (χ0) is 13.8. The molecule has 20 heavy (non-hydrogen) atoms. The highest BCUT2D eigenvalue weighted by atomic mass is 16.4. The molecule has 3 rings (SSSR count). The first-order chi connectivity index (χ1) is 9.83. The number of hydrogen-bond donors (Lipinski definition) is 1. The highest BCUT2D eigenvalue weighted by Gasteiger charge is 2.14. The fraction of sp³-hybridized carbons (Fsp3) is 0. The number of hydrogen-bond acceptors (Lipinski definition) is 5. The van der Waals surface area contributed by atoms with Crippen LogP contribution in [0.15, 0.2) is 59.4 Å². The normalized spacial score (nSPS) is 10.2. The lowest BCUT2D eigenvalue weighted by molar-refractivity contribution is 0.0996. The molecule has 1 amide bonds. The van der Waals surface area contributed by atoms with Crippen molar-refractivity contribution in [3.05, 3.63) is 60.7 Å². The molecule has 0 saturated heterocycles. The van der Waals surface area contributed by atoms with Gasteiger partial charge in [0.15, 0.2) is 0 Å². The molecule has 1 N–H and O–H groups in total. The van der Waals surface area contributed by atoms with Crippen LogP contribution in [0.4, 0.5) is 5.95 Å². The monoisotopic (exact) mass is 266 g/mol. The van der Waals surface area contributed by atoms with Crippen LogP contribution in [0.25, 0.3) is 11.5 Å². The Hall–Kier alpha value is -3.02. The van der Waals surface area contributed by atoms with Crippen molar-refractivity contribution in [2.24, 2.45) is 0 Å². The van der Waals surface area contributed by atoms with Gasteiger partial charge in [-0.25, -0.2) is 15.0 Å². The molecule has 0 unspecified atom stereocenters. The Morgan fingerprint density at radius 2 is 1.75 bits per heavy atom. The third-order valence-corrected chi connectivity index (χ3v) is 2.54. The van der Waals surface area contributed by atoms with Gasteiger partial charge in [-0.3, -0.25) is 10.1 Å². The van der Waals surface area contributed by atoms with Crippen molar-refractivity contribution < 1.29 is 9.21 Å². The van der Waals surface area contributed by atoms with Crippen LogP contribution >= 0.6 is 0 Å². The molecule has 98 valence electrons. The minimum Gasteiger partial charge on any atom is -0.431 e. The largest absolute Gasteiger partial charge is 0.431 e. The van der Waals surface area contributed by atoms with Crippen molar-refractivity contribution >= 4 is 11.9 Å². The van der Waals surface area contributed by atoms with E-state index >= 15 is 0 Å². The highest BCUT2D eigenvalue weighted by Crippen LogP contribution is 2.18. The molecule has 0 aliphatic heterocycles. The molecule has 0 aliphatic carbocycles. The number of nitrogens with zero attached hydrogens (tertiary/aromatic N) is 3. The van der Waals surface area contributed by atoms with E-state index in [0.717, 1.165) is 5.56 Å². The molecule has 3 aromatic rings. The summed E-state index contributed by atoms with van der Waals surface area (Å²) in [5.74, 6) is 0.280. The van der Waals surface area contributed by atoms with E-state index in [4.69, 9.17) is 4.42 Å². The molecule has 0 spiro atoms. The van der Waals surface area contributed by atoms with E-state index in [1.807, 2.05) is 30.3 Å². The summed E-state index contributed by atoms with van der Waals surface area (Å²) in [7, 11) is 0. The molecule has 6 nitrogen and oxygen atoms in total. The van der Waals surface area contributed by atoms with E-state index in [1.165, 1.54) is 6.20 Å². The summed E-state index contributed by atoms with van der Waals surface area (Å²) >= 11 is 0. The number of amides is 1. The Morgan fingerprint density at radius 3 is 2.50 bits per heavy atom. The van der Waals surface area contributed by atoms with Crippen LogP contribution in [-0.4, -0.2) is 20.9 Å². The third kappa shape index (κ3) is 2.54. The quantitative estimate of drug-likeness (QED) is 0.787. The van der Waals surface area contributed by atoms with Gasteiger partial charge in [0, 0.05) is 18.0 Å². The van der Waals surface area contributed by atoms with Gasteiger partial charge in [-0.05, 0) is 18.2 Å². The average molecular weight is 266 g/mol. The van der Waals surface area contributed by atoms with Crippen LogP contribution in [0.1, 0.15) is 10.6 Å². The summed E-state index contributed by atoms with van der Waals surface area (Å²) in [5, 5.41) is 2.53. The van der Waals surface area contributed by atoms with Crippen molar-refractivity contribution in [1.29, 1.82) is 0 Å². The first kappa shape index (κ1) is 12.0. The molecule has 0 saturated carbocycles. The lowest BCUT2D eigenvalue weighted by Gasteiger charge is -1.99. The number of aromatic nitrogens is 3. The summed E-state index contributed by atoms with van der Waals surface area (Å²) in [5.41, 5.74) is 0.808. The number of carbonyl (C=O) groups excluding carboxylic acids is 1. The fourth-order valence-corrected chi connectivity index (χ4v) is 1.62. The summed E-state index contributed by atoms with van der Waals surface area (Å²) in [6.45, 7) is 0. The molecule has 0 fully saturated rings. The number of rotatable bonds is 3. The molecule has 2 heterocycles. The second-order valence-electron chi connectivity index (χ2n) is 3.92. The summed E-state index contributed by atoms with van der Waals surface area (Å²) in [6.07, 6.45) is 4.46. The lowest BCUT2D eigenvalue weighted by Crippen LogP contribution is -2.12. The Kier molecular flexibility index (Phi) is 3.20. The minimum atomic E-state index is -0.439. The molecular formula is C14H10N4O2.